The highest BCUT2D eigenvalue weighted by Gasteiger charge is 2.17. The van der Waals surface area contributed by atoms with Crippen molar-refractivity contribution in [2.75, 3.05) is 39.4 Å². The van der Waals surface area contributed by atoms with Crippen molar-refractivity contribution in [3.63, 3.8) is 0 Å². The summed E-state index contributed by atoms with van der Waals surface area (Å²) in [4.78, 5) is 16.3. The number of pyridine rings is 1. The van der Waals surface area contributed by atoms with Crippen molar-refractivity contribution < 1.29 is 22.7 Å². The van der Waals surface area contributed by atoms with Gasteiger partial charge in [0.25, 0.3) is 0 Å². The van der Waals surface area contributed by atoms with Gasteiger partial charge in [0.1, 0.15) is 4.90 Å². The molecule has 0 fully saturated rings. The van der Waals surface area contributed by atoms with Gasteiger partial charge in [-0.1, -0.05) is 11.8 Å². The fraction of sp³-hybridized carbons (Fsp3) is 0.294. The van der Waals surface area contributed by atoms with Gasteiger partial charge in [0.05, 0.1) is 25.0 Å². The number of hydrogen-bond donors (Lipinski definition) is 1. The summed E-state index contributed by atoms with van der Waals surface area (Å²) in [6, 6.07) is 8.12. The lowest BCUT2D eigenvalue weighted by atomic mass is 10.2. The number of aromatic nitrogens is 1. The Labute approximate surface area is 162 Å². The molecule has 0 atom stereocenters. The molecule has 0 aliphatic rings. The molecule has 8 nitrogen and oxygen atoms in total. The van der Waals surface area contributed by atoms with Crippen LogP contribution in [0.3, 0.4) is 0 Å². The van der Waals surface area contributed by atoms with E-state index in [2.05, 4.69) is 10.3 Å². The summed E-state index contributed by atoms with van der Waals surface area (Å²) >= 11 is 1.21. The molecule has 1 N–H and O–H groups in total. The maximum Gasteiger partial charge on any atom is 0.244 e. The number of rotatable bonds is 8. The Morgan fingerprint density at radius 3 is 2.41 bits per heavy atom. The number of nitrogens with zero attached hydrogens (tertiary/aromatic N) is 2. The van der Waals surface area contributed by atoms with Crippen LogP contribution in [0.2, 0.25) is 0 Å². The minimum Gasteiger partial charge on any atom is -0.493 e. The lowest BCUT2D eigenvalue weighted by Crippen LogP contribution is -2.22. The standard InChI is InChI=1S/C17H21N3O5S2/c1-20(2)27(22,23)13-6-8-17(18-10-13)26-11-16(21)19-12-5-7-14(24-3)15(9-12)25-4/h5-10H,11H2,1-4H3,(H,19,21). The quantitative estimate of drug-likeness (QED) is 0.664. The third-order valence-electron chi connectivity index (χ3n) is 3.51. The zero-order valence-electron chi connectivity index (χ0n) is 15.4. The number of anilines is 1. The molecule has 0 saturated carbocycles. The minimum absolute atomic E-state index is 0.103. The first-order valence-corrected chi connectivity index (χ1v) is 10.2. The molecule has 1 heterocycles. The molecule has 2 rings (SSSR count). The molecule has 2 aromatic rings. The maximum atomic E-state index is 12.1. The molecule has 0 saturated heterocycles. The van der Waals surface area contributed by atoms with Gasteiger partial charge in [-0.2, -0.15) is 0 Å². The Hall–Kier alpha value is -2.30. The van der Waals surface area contributed by atoms with Gasteiger partial charge in [-0.3, -0.25) is 4.79 Å². The Morgan fingerprint density at radius 2 is 1.85 bits per heavy atom. The van der Waals surface area contributed by atoms with E-state index in [0.717, 1.165) is 4.31 Å². The Balaban J connectivity index is 1.96. The number of amides is 1. The highest BCUT2D eigenvalue weighted by Crippen LogP contribution is 2.29. The zero-order valence-corrected chi connectivity index (χ0v) is 17.1. The van der Waals surface area contributed by atoms with Crippen molar-refractivity contribution in [1.29, 1.82) is 0 Å². The third-order valence-corrected chi connectivity index (χ3v) is 6.25. The molecule has 0 radical (unpaired) electrons. The summed E-state index contributed by atoms with van der Waals surface area (Å²) in [7, 11) is 2.45. The molecule has 0 aliphatic heterocycles. The van der Waals surface area contributed by atoms with E-state index < -0.39 is 10.0 Å². The van der Waals surface area contributed by atoms with E-state index in [9.17, 15) is 13.2 Å². The molecule has 146 valence electrons. The first kappa shape index (κ1) is 21.0. The number of ether oxygens (including phenoxy) is 2. The smallest absolute Gasteiger partial charge is 0.244 e. The molecule has 0 spiro atoms. The van der Waals surface area contributed by atoms with E-state index in [1.54, 1.807) is 24.3 Å². The average molecular weight is 412 g/mol. The molecule has 1 aromatic heterocycles. The fourth-order valence-electron chi connectivity index (χ4n) is 2.07. The number of carbonyl (C=O) groups is 1. The molecule has 27 heavy (non-hydrogen) atoms. The Kier molecular flexibility index (Phi) is 7.05. The lowest BCUT2D eigenvalue weighted by Gasteiger charge is -2.11. The number of sulfonamides is 1. The lowest BCUT2D eigenvalue weighted by molar-refractivity contribution is -0.113. The molecule has 0 bridgehead atoms. The second-order valence-electron chi connectivity index (χ2n) is 5.53. The maximum absolute atomic E-state index is 12.1. The van der Waals surface area contributed by atoms with E-state index in [4.69, 9.17) is 9.47 Å². The summed E-state index contributed by atoms with van der Waals surface area (Å²) in [6.07, 6.45) is 1.28. The van der Waals surface area contributed by atoms with Gasteiger partial charge < -0.3 is 14.8 Å². The zero-order chi connectivity index (χ0) is 20.0. The van der Waals surface area contributed by atoms with Crippen molar-refractivity contribution in [3.05, 3.63) is 36.5 Å². The number of thioether (sulfide) groups is 1. The molecule has 1 amide bonds. The van der Waals surface area contributed by atoms with Crippen LogP contribution in [0.4, 0.5) is 5.69 Å². The molecule has 0 aliphatic carbocycles. The highest BCUT2D eigenvalue weighted by atomic mass is 32.2. The van der Waals surface area contributed by atoms with Crippen LogP contribution in [-0.4, -0.2) is 57.7 Å². The van der Waals surface area contributed by atoms with Gasteiger partial charge in [0.2, 0.25) is 15.9 Å². The van der Waals surface area contributed by atoms with Crippen LogP contribution >= 0.6 is 11.8 Å². The predicted octanol–water partition coefficient (Wildman–Crippen LogP) is 2.08. The molecule has 10 heteroatoms. The SMILES string of the molecule is COc1ccc(NC(=O)CSc2ccc(S(=O)(=O)N(C)C)cn2)cc1OC. The topological polar surface area (TPSA) is 97.8 Å². The summed E-state index contributed by atoms with van der Waals surface area (Å²) in [5, 5.41) is 3.31. The van der Waals surface area contributed by atoms with Gasteiger partial charge in [-0.15, -0.1) is 0 Å². The highest BCUT2D eigenvalue weighted by molar-refractivity contribution is 7.99. The largest absolute Gasteiger partial charge is 0.493 e. The van der Waals surface area contributed by atoms with Crippen LogP contribution in [0.5, 0.6) is 11.5 Å². The van der Waals surface area contributed by atoms with Crippen LogP contribution in [0.25, 0.3) is 0 Å². The van der Waals surface area contributed by atoms with Crippen LogP contribution in [-0.2, 0) is 14.8 Å². The van der Waals surface area contributed by atoms with Crippen molar-refractivity contribution in [2.45, 2.75) is 9.92 Å². The predicted molar refractivity (Wildman–Crippen MR) is 104 cm³/mol. The van der Waals surface area contributed by atoms with E-state index in [-0.39, 0.29) is 16.6 Å². The number of carbonyl (C=O) groups excluding carboxylic acids is 1. The average Bonchev–Trinajstić information content (AvgIpc) is 2.66. The van der Waals surface area contributed by atoms with E-state index in [1.165, 1.54) is 52.3 Å². The van der Waals surface area contributed by atoms with Gasteiger partial charge in [0.15, 0.2) is 11.5 Å². The van der Waals surface area contributed by atoms with E-state index in [1.807, 2.05) is 0 Å². The third kappa shape index (κ3) is 5.34. The van der Waals surface area contributed by atoms with E-state index >= 15 is 0 Å². The summed E-state index contributed by atoms with van der Waals surface area (Å²) in [5.74, 6) is 0.990. The normalized spacial score (nSPS) is 11.3. The molecular formula is C17H21N3O5S2. The summed E-state index contributed by atoms with van der Waals surface area (Å²) < 4.78 is 35.5. The van der Waals surface area contributed by atoms with Crippen molar-refractivity contribution in [2.24, 2.45) is 0 Å². The monoisotopic (exact) mass is 411 g/mol. The van der Waals surface area contributed by atoms with Gasteiger partial charge in [-0.25, -0.2) is 17.7 Å². The number of nitrogens with one attached hydrogen (secondary N) is 1. The fourth-order valence-corrected chi connectivity index (χ4v) is 3.56. The van der Waals surface area contributed by atoms with Gasteiger partial charge in [-0.05, 0) is 24.3 Å². The first-order valence-electron chi connectivity index (χ1n) is 7.81. The number of methoxy groups -OCH3 is 2. The van der Waals surface area contributed by atoms with E-state index in [0.29, 0.717) is 22.2 Å². The van der Waals surface area contributed by atoms with Crippen molar-refractivity contribution >= 4 is 33.4 Å². The van der Waals surface area contributed by atoms with Crippen LogP contribution in [0.15, 0.2) is 46.5 Å². The van der Waals surface area contributed by atoms with Gasteiger partial charge in [0, 0.05) is 32.0 Å². The Morgan fingerprint density at radius 1 is 1.15 bits per heavy atom. The van der Waals surface area contributed by atoms with Crippen LogP contribution in [0, 0.1) is 0 Å². The van der Waals surface area contributed by atoms with Crippen molar-refractivity contribution in [1.82, 2.24) is 9.29 Å². The minimum atomic E-state index is -3.52. The molecule has 0 unspecified atom stereocenters. The van der Waals surface area contributed by atoms with Crippen LogP contribution < -0.4 is 14.8 Å². The van der Waals surface area contributed by atoms with Crippen LogP contribution in [0.1, 0.15) is 0 Å². The number of hydrogen-bond acceptors (Lipinski definition) is 7. The van der Waals surface area contributed by atoms with Crippen molar-refractivity contribution in [3.8, 4) is 11.5 Å². The second kappa shape index (κ2) is 9.07. The van der Waals surface area contributed by atoms with Gasteiger partial charge >= 0.3 is 0 Å². The molecule has 1 aromatic carbocycles. The first-order chi connectivity index (χ1) is 12.8. The summed E-state index contributed by atoms with van der Waals surface area (Å²) in [5.41, 5.74) is 0.582. The Bertz CT molecular complexity index is 899. The molecular weight excluding hydrogens is 390 g/mol. The summed E-state index contributed by atoms with van der Waals surface area (Å²) in [6.45, 7) is 0. The second-order valence-corrected chi connectivity index (χ2v) is 8.67. The number of benzene rings is 1.